The lowest BCUT2D eigenvalue weighted by molar-refractivity contribution is 0.0730. The van der Waals surface area contributed by atoms with Crippen molar-refractivity contribution in [3.05, 3.63) is 64.2 Å². The second-order valence-electron chi connectivity index (χ2n) is 6.71. The number of aryl methyl sites for hydroxylation is 1. The number of nitrogens with one attached hydrogen (secondary N) is 1. The van der Waals surface area contributed by atoms with Crippen molar-refractivity contribution < 1.29 is 17.9 Å². The van der Waals surface area contributed by atoms with Crippen molar-refractivity contribution in [1.82, 2.24) is 9.62 Å². The number of sulfonamides is 1. The van der Waals surface area contributed by atoms with Crippen LogP contribution in [0.4, 0.5) is 0 Å². The van der Waals surface area contributed by atoms with Gasteiger partial charge in [0.15, 0.2) is 0 Å². The largest absolute Gasteiger partial charge is 0.379 e. The Hall–Kier alpha value is -1.93. The van der Waals surface area contributed by atoms with E-state index in [9.17, 15) is 13.2 Å². The number of morpholine rings is 1. The minimum Gasteiger partial charge on any atom is -0.379 e. The molecule has 1 amide bonds. The van der Waals surface area contributed by atoms with Gasteiger partial charge in [0, 0.05) is 23.7 Å². The molecular formula is C20H23ClN2O4S. The van der Waals surface area contributed by atoms with Gasteiger partial charge in [-0.05, 0) is 43.2 Å². The van der Waals surface area contributed by atoms with Crippen molar-refractivity contribution in [2.45, 2.75) is 24.8 Å². The third kappa shape index (κ3) is 4.38. The molecule has 1 fully saturated rings. The average Bonchev–Trinajstić information content (AvgIpc) is 2.69. The van der Waals surface area contributed by atoms with Crippen molar-refractivity contribution in [2.24, 2.45) is 0 Å². The van der Waals surface area contributed by atoms with Crippen LogP contribution < -0.4 is 5.32 Å². The predicted molar refractivity (Wildman–Crippen MR) is 108 cm³/mol. The van der Waals surface area contributed by atoms with Gasteiger partial charge in [-0.3, -0.25) is 4.79 Å². The van der Waals surface area contributed by atoms with Crippen molar-refractivity contribution >= 4 is 27.5 Å². The lowest BCUT2D eigenvalue weighted by Crippen LogP contribution is -2.41. The normalized spacial score (nSPS) is 16.5. The highest BCUT2D eigenvalue weighted by molar-refractivity contribution is 7.89. The lowest BCUT2D eigenvalue weighted by atomic mass is 10.1. The van der Waals surface area contributed by atoms with E-state index in [-0.39, 0.29) is 22.4 Å². The first-order valence-electron chi connectivity index (χ1n) is 9.04. The predicted octanol–water partition coefficient (Wildman–Crippen LogP) is 3.16. The summed E-state index contributed by atoms with van der Waals surface area (Å²) in [6.45, 7) is 4.91. The molecule has 1 aliphatic heterocycles. The van der Waals surface area contributed by atoms with Gasteiger partial charge in [-0.2, -0.15) is 4.31 Å². The van der Waals surface area contributed by atoms with Gasteiger partial charge < -0.3 is 10.1 Å². The first-order chi connectivity index (χ1) is 13.3. The lowest BCUT2D eigenvalue weighted by Gasteiger charge is -2.27. The van der Waals surface area contributed by atoms with E-state index in [1.54, 1.807) is 25.1 Å². The molecule has 1 aliphatic rings. The van der Waals surface area contributed by atoms with E-state index >= 15 is 0 Å². The van der Waals surface area contributed by atoms with E-state index in [0.717, 1.165) is 5.56 Å². The second-order valence-corrected chi connectivity index (χ2v) is 9.03. The Morgan fingerprint density at radius 2 is 1.86 bits per heavy atom. The van der Waals surface area contributed by atoms with Crippen molar-refractivity contribution in [2.75, 3.05) is 26.3 Å². The quantitative estimate of drug-likeness (QED) is 0.803. The highest BCUT2D eigenvalue weighted by Gasteiger charge is 2.28. The number of nitrogens with zero attached hydrogens (tertiary/aromatic N) is 1. The van der Waals surface area contributed by atoms with Crippen LogP contribution in [0.15, 0.2) is 47.4 Å². The monoisotopic (exact) mass is 422 g/mol. The van der Waals surface area contributed by atoms with E-state index in [1.165, 1.54) is 10.4 Å². The van der Waals surface area contributed by atoms with Gasteiger partial charge in [-0.15, -0.1) is 0 Å². The molecule has 0 aliphatic carbocycles. The summed E-state index contributed by atoms with van der Waals surface area (Å²) in [7, 11) is -3.68. The number of hydrogen-bond donors (Lipinski definition) is 1. The zero-order valence-corrected chi connectivity index (χ0v) is 17.4. The maximum Gasteiger partial charge on any atom is 0.251 e. The fraction of sp³-hybridized carbons (Fsp3) is 0.350. The summed E-state index contributed by atoms with van der Waals surface area (Å²) in [6, 6.07) is 11.7. The Labute approximate surface area is 170 Å². The molecule has 0 radical (unpaired) electrons. The maximum atomic E-state index is 13.0. The number of rotatable bonds is 5. The second kappa shape index (κ2) is 8.61. The van der Waals surface area contributed by atoms with E-state index in [4.69, 9.17) is 16.3 Å². The number of hydrogen-bond acceptors (Lipinski definition) is 4. The van der Waals surface area contributed by atoms with Crippen molar-refractivity contribution in [3.63, 3.8) is 0 Å². The van der Waals surface area contributed by atoms with E-state index < -0.39 is 10.0 Å². The molecule has 0 spiro atoms. The molecule has 1 N–H and O–H groups in total. The maximum absolute atomic E-state index is 13.0. The molecule has 1 atom stereocenters. The van der Waals surface area contributed by atoms with Gasteiger partial charge in [-0.25, -0.2) is 8.42 Å². The number of carbonyl (C=O) groups is 1. The number of halogens is 1. The summed E-state index contributed by atoms with van der Waals surface area (Å²) in [5, 5.41) is 3.44. The van der Waals surface area contributed by atoms with Crippen LogP contribution >= 0.6 is 11.6 Å². The van der Waals surface area contributed by atoms with E-state index in [2.05, 4.69) is 5.32 Å². The van der Waals surface area contributed by atoms with Crippen LogP contribution in [0.2, 0.25) is 5.02 Å². The van der Waals surface area contributed by atoms with Crippen molar-refractivity contribution in [3.8, 4) is 0 Å². The smallest absolute Gasteiger partial charge is 0.251 e. The summed E-state index contributed by atoms with van der Waals surface area (Å²) >= 11 is 6.19. The molecule has 1 unspecified atom stereocenters. The van der Waals surface area contributed by atoms with Crippen LogP contribution in [-0.2, 0) is 14.8 Å². The van der Waals surface area contributed by atoms with Gasteiger partial charge in [0.1, 0.15) is 0 Å². The van der Waals surface area contributed by atoms with Gasteiger partial charge >= 0.3 is 0 Å². The van der Waals surface area contributed by atoms with Gasteiger partial charge in [0.2, 0.25) is 10.0 Å². The van der Waals surface area contributed by atoms with Crippen LogP contribution in [0.3, 0.4) is 0 Å². The van der Waals surface area contributed by atoms with Gasteiger partial charge in [0.05, 0.1) is 24.2 Å². The molecule has 8 heteroatoms. The average molecular weight is 423 g/mol. The number of ether oxygens (including phenoxy) is 1. The van der Waals surface area contributed by atoms with E-state index in [1.807, 2.05) is 25.1 Å². The van der Waals surface area contributed by atoms with Gasteiger partial charge in [-0.1, -0.05) is 35.9 Å². The number of amides is 1. The highest BCUT2D eigenvalue weighted by Crippen LogP contribution is 2.24. The number of benzene rings is 2. The Balaban J connectivity index is 1.84. The molecule has 0 aromatic heterocycles. The Bertz CT molecular complexity index is 972. The third-order valence-corrected chi connectivity index (χ3v) is 7.14. The Morgan fingerprint density at radius 3 is 2.54 bits per heavy atom. The molecule has 6 nitrogen and oxygen atoms in total. The molecule has 1 heterocycles. The standard InChI is InChI=1S/C20H23ClN2O4S/c1-14-7-8-16(13-19(14)28(25,26)23-9-11-27-12-10-23)20(24)22-15(2)17-5-3-4-6-18(17)21/h3-8,13,15H,9-12H2,1-2H3,(H,22,24). The molecule has 3 rings (SSSR count). The molecular weight excluding hydrogens is 400 g/mol. The summed E-state index contributed by atoms with van der Waals surface area (Å²) in [5.74, 6) is -0.356. The summed E-state index contributed by atoms with van der Waals surface area (Å²) in [5.41, 5.74) is 1.68. The fourth-order valence-corrected chi connectivity index (χ4v) is 5.09. The van der Waals surface area contributed by atoms with Crippen LogP contribution in [0.1, 0.15) is 34.5 Å². The summed E-state index contributed by atoms with van der Waals surface area (Å²) in [4.78, 5) is 12.9. The van der Waals surface area contributed by atoms with Crippen LogP contribution in [0.5, 0.6) is 0 Å². The highest BCUT2D eigenvalue weighted by atomic mass is 35.5. The summed E-state index contributed by atoms with van der Waals surface area (Å²) in [6.07, 6.45) is 0. The first-order valence-corrected chi connectivity index (χ1v) is 10.9. The molecule has 0 saturated carbocycles. The van der Waals surface area contributed by atoms with E-state index in [0.29, 0.717) is 36.9 Å². The van der Waals surface area contributed by atoms with Crippen molar-refractivity contribution in [1.29, 1.82) is 0 Å². The molecule has 2 aromatic carbocycles. The Kier molecular flexibility index (Phi) is 6.40. The molecule has 2 aromatic rings. The van der Waals surface area contributed by atoms with Gasteiger partial charge in [0.25, 0.3) is 5.91 Å². The van der Waals surface area contributed by atoms with Crippen LogP contribution in [0.25, 0.3) is 0 Å². The number of carbonyl (C=O) groups excluding carboxylic acids is 1. The third-order valence-electron chi connectivity index (χ3n) is 4.76. The molecule has 28 heavy (non-hydrogen) atoms. The first kappa shape index (κ1) is 20.8. The molecule has 0 bridgehead atoms. The van der Waals surface area contributed by atoms with Crippen LogP contribution in [-0.4, -0.2) is 44.9 Å². The minimum atomic E-state index is -3.68. The topological polar surface area (TPSA) is 75.7 Å². The Morgan fingerprint density at radius 1 is 1.18 bits per heavy atom. The van der Waals surface area contributed by atoms with Crippen LogP contribution in [0, 0.1) is 6.92 Å². The zero-order chi connectivity index (χ0) is 20.3. The summed E-state index contributed by atoms with van der Waals surface area (Å²) < 4.78 is 32.6. The molecule has 150 valence electrons. The minimum absolute atomic E-state index is 0.146. The fourth-order valence-electron chi connectivity index (χ4n) is 3.13. The zero-order valence-electron chi connectivity index (χ0n) is 15.8. The molecule has 1 saturated heterocycles. The SMILES string of the molecule is Cc1ccc(C(=O)NC(C)c2ccccc2Cl)cc1S(=O)(=O)N1CCOCC1.